The third-order valence-electron chi connectivity index (χ3n) is 4.29. The van der Waals surface area contributed by atoms with Gasteiger partial charge < -0.3 is 5.32 Å². The molecule has 4 heteroatoms. The molecule has 0 heterocycles. The second-order valence-corrected chi connectivity index (χ2v) is 6.84. The first-order valence-corrected chi connectivity index (χ1v) is 8.51. The van der Waals surface area contributed by atoms with Crippen LogP contribution in [0.5, 0.6) is 0 Å². The lowest BCUT2D eigenvalue weighted by atomic mass is 9.81. The van der Waals surface area contributed by atoms with Gasteiger partial charge in [0.25, 0.3) is 5.91 Å². The van der Waals surface area contributed by atoms with Gasteiger partial charge in [-0.25, -0.2) is 0 Å². The minimum Gasteiger partial charge on any atom is -0.352 e. The van der Waals surface area contributed by atoms with E-state index >= 15 is 0 Å². The number of benzene rings is 1. The van der Waals surface area contributed by atoms with Gasteiger partial charge in [-0.2, -0.15) is 0 Å². The fourth-order valence-electron chi connectivity index (χ4n) is 2.86. The zero-order valence-electron chi connectivity index (χ0n) is 11.8. The molecule has 1 aromatic carbocycles. The molecule has 0 bridgehead atoms. The van der Waals surface area contributed by atoms with Crippen LogP contribution in [-0.4, -0.2) is 12.5 Å². The SMILES string of the molecule is CCC1CCC(CNC(=O)c2cccc(Br)c2Cl)CC1. The highest BCUT2D eigenvalue weighted by molar-refractivity contribution is 9.10. The van der Waals surface area contributed by atoms with Crippen LogP contribution < -0.4 is 5.32 Å². The van der Waals surface area contributed by atoms with E-state index in [0.29, 0.717) is 16.5 Å². The Balaban J connectivity index is 1.85. The van der Waals surface area contributed by atoms with Crippen LogP contribution in [0.25, 0.3) is 0 Å². The quantitative estimate of drug-likeness (QED) is 0.802. The lowest BCUT2D eigenvalue weighted by Gasteiger charge is -2.27. The Morgan fingerprint density at radius 2 is 1.95 bits per heavy atom. The molecule has 0 atom stereocenters. The first kappa shape index (κ1) is 15.8. The van der Waals surface area contributed by atoms with Gasteiger partial charge in [-0.1, -0.05) is 43.9 Å². The summed E-state index contributed by atoms with van der Waals surface area (Å²) < 4.78 is 0.760. The minimum atomic E-state index is -0.0751. The number of hydrogen-bond acceptors (Lipinski definition) is 1. The van der Waals surface area contributed by atoms with E-state index < -0.39 is 0 Å². The summed E-state index contributed by atoms with van der Waals surface area (Å²) in [5.41, 5.74) is 0.545. The maximum Gasteiger partial charge on any atom is 0.252 e. The van der Waals surface area contributed by atoms with Crippen molar-refractivity contribution in [3.05, 3.63) is 33.3 Å². The zero-order chi connectivity index (χ0) is 14.5. The summed E-state index contributed by atoms with van der Waals surface area (Å²) in [6.45, 7) is 3.03. The first-order valence-electron chi connectivity index (χ1n) is 7.34. The largest absolute Gasteiger partial charge is 0.352 e. The normalized spacial score (nSPS) is 22.6. The highest BCUT2D eigenvalue weighted by Gasteiger charge is 2.21. The number of rotatable bonds is 4. The molecule has 0 spiro atoms. The van der Waals surface area contributed by atoms with Gasteiger partial charge in [0.2, 0.25) is 0 Å². The molecule has 0 radical (unpaired) electrons. The highest BCUT2D eigenvalue weighted by Crippen LogP contribution is 2.30. The van der Waals surface area contributed by atoms with Crippen LogP contribution in [-0.2, 0) is 0 Å². The third-order valence-corrected chi connectivity index (χ3v) is 5.59. The van der Waals surface area contributed by atoms with Gasteiger partial charge in [0.1, 0.15) is 0 Å². The summed E-state index contributed by atoms with van der Waals surface area (Å²) in [5, 5.41) is 3.51. The van der Waals surface area contributed by atoms with Crippen molar-refractivity contribution in [2.24, 2.45) is 11.8 Å². The van der Waals surface area contributed by atoms with Gasteiger partial charge in [0.05, 0.1) is 10.6 Å². The van der Waals surface area contributed by atoms with E-state index in [1.165, 1.54) is 32.1 Å². The van der Waals surface area contributed by atoms with Crippen LogP contribution in [0.2, 0.25) is 5.02 Å². The fourth-order valence-corrected chi connectivity index (χ4v) is 3.43. The third kappa shape index (κ3) is 3.98. The molecule has 1 aliphatic carbocycles. The summed E-state index contributed by atoms with van der Waals surface area (Å²) in [6, 6.07) is 5.43. The summed E-state index contributed by atoms with van der Waals surface area (Å²) in [6.07, 6.45) is 6.34. The van der Waals surface area contributed by atoms with Crippen molar-refractivity contribution in [2.75, 3.05) is 6.54 Å². The van der Waals surface area contributed by atoms with Crippen molar-refractivity contribution in [3.8, 4) is 0 Å². The van der Waals surface area contributed by atoms with Gasteiger partial charge in [-0.05, 0) is 52.7 Å². The van der Waals surface area contributed by atoms with Crippen LogP contribution in [0.15, 0.2) is 22.7 Å². The number of nitrogens with one attached hydrogen (secondary N) is 1. The van der Waals surface area contributed by atoms with E-state index in [1.807, 2.05) is 12.1 Å². The Morgan fingerprint density at radius 3 is 2.60 bits per heavy atom. The maximum atomic E-state index is 12.2. The molecule has 2 nitrogen and oxygen atoms in total. The molecule has 0 saturated heterocycles. The van der Waals surface area contributed by atoms with Gasteiger partial charge in [0.15, 0.2) is 0 Å². The summed E-state index contributed by atoms with van der Waals surface area (Å²) >= 11 is 9.48. The Labute approximate surface area is 134 Å². The van der Waals surface area contributed by atoms with Crippen LogP contribution in [0.4, 0.5) is 0 Å². The number of hydrogen-bond donors (Lipinski definition) is 1. The molecule has 1 amide bonds. The Kier molecular flexibility index (Phi) is 5.91. The van der Waals surface area contributed by atoms with Crippen molar-refractivity contribution >= 4 is 33.4 Å². The summed E-state index contributed by atoms with van der Waals surface area (Å²) in [7, 11) is 0. The fraction of sp³-hybridized carbons (Fsp3) is 0.562. The predicted octanol–water partition coefficient (Wildman–Crippen LogP) is 5.05. The molecular formula is C16H21BrClNO. The average Bonchev–Trinajstić information content (AvgIpc) is 2.48. The topological polar surface area (TPSA) is 29.1 Å². The zero-order valence-corrected chi connectivity index (χ0v) is 14.1. The molecule has 1 aromatic rings. The van der Waals surface area contributed by atoms with Gasteiger partial charge in [-0.15, -0.1) is 0 Å². The van der Waals surface area contributed by atoms with Gasteiger partial charge in [-0.3, -0.25) is 4.79 Å². The standard InChI is InChI=1S/C16H21BrClNO/c1-2-11-6-8-12(9-7-11)10-19-16(20)13-4-3-5-14(17)15(13)18/h3-5,11-12H,2,6-10H2,1H3,(H,19,20). The van der Waals surface area contributed by atoms with Crippen LogP contribution in [0, 0.1) is 11.8 Å². The van der Waals surface area contributed by atoms with Crippen molar-refractivity contribution in [3.63, 3.8) is 0 Å². The number of carbonyl (C=O) groups is 1. The summed E-state index contributed by atoms with van der Waals surface area (Å²) in [5.74, 6) is 1.43. The lowest BCUT2D eigenvalue weighted by Crippen LogP contribution is -2.31. The van der Waals surface area contributed by atoms with Gasteiger partial charge in [0, 0.05) is 11.0 Å². The van der Waals surface area contributed by atoms with Crippen molar-refractivity contribution in [1.29, 1.82) is 0 Å². The molecule has 1 aliphatic rings. The maximum absolute atomic E-state index is 12.2. The second-order valence-electron chi connectivity index (χ2n) is 5.61. The van der Waals surface area contributed by atoms with Crippen LogP contribution in [0.3, 0.4) is 0 Å². The Hall–Kier alpha value is -0.540. The van der Waals surface area contributed by atoms with E-state index in [1.54, 1.807) is 6.07 Å². The van der Waals surface area contributed by atoms with E-state index in [4.69, 9.17) is 11.6 Å². The van der Waals surface area contributed by atoms with Crippen LogP contribution >= 0.6 is 27.5 Å². The molecule has 0 aliphatic heterocycles. The lowest BCUT2D eigenvalue weighted by molar-refractivity contribution is 0.0941. The molecule has 2 rings (SSSR count). The van der Waals surface area contributed by atoms with Crippen molar-refractivity contribution in [1.82, 2.24) is 5.32 Å². The number of halogens is 2. The minimum absolute atomic E-state index is 0.0751. The van der Waals surface area contributed by atoms with E-state index in [2.05, 4.69) is 28.2 Å². The molecular weight excluding hydrogens is 338 g/mol. The number of amides is 1. The van der Waals surface area contributed by atoms with Crippen LogP contribution in [0.1, 0.15) is 49.4 Å². The van der Waals surface area contributed by atoms with Gasteiger partial charge >= 0.3 is 0 Å². The van der Waals surface area contributed by atoms with E-state index in [-0.39, 0.29) is 5.91 Å². The molecule has 20 heavy (non-hydrogen) atoms. The molecule has 0 aromatic heterocycles. The monoisotopic (exact) mass is 357 g/mol. The highest BCUT2D eigenvalue weighted by atomic mass is 79.9. The average molecular weight is 359 g/mol. The van der Waals surface area contributed by atoms with E-state index in [9.17, 15) is 4.79 Å². The molecule has 0 unspecified atom stereocenters. The second kappa shape index (κ2) is 7.46. The number of carbonyl (C=O) groups excluding carboxylic acids is 1. The Morgan fingerprint density at radius 1 is 1.30 bits per heavy atom. The van der Waals surface area contributed by atoms with E-state index in [0.717, 1.165) is 16.9 Å². The van der Waals surface area contributed by atoms with Crippen molar-refractivity contribution in [2.45, 2.75) is 39.0 Å². The molecule has 1 fully saturated rings. The molecule has 1 N–H and O–H groups in total. The van der Waals surface area contributed by atoms with Crippen molar-refractivity contribution < 1.29 is 4.79 Å². The molecule has 110 valence electrons. The Bertz CT molecular complexity index is 470. The summed E-state index contributed by atoms with van der Waals surface area (Å²) in [4.78, 5) is 12.2. The first-order chi connectivity index (χ1) is 9.61. The predicted molar refractivity (Wildman–Crippen MR) is 87.2 cm³/mol. The molecule has 1 saturated carbocycles. The smallest absolute Gasteiger partial charge is 0.252 e.